The van der Waals surface area contributed by atoms with E-state index in [9.17, 15) is 14.9 Å². The van der Waals surface area contributed by atoms with E-state index in [-0.39, 0.29) is 29.7 Å². The minimum absolute atomic E-state index is 0.0636. The number of rotatable bonds is 9. The van der Waals surface area contributed by atoms with Gasteiger partial charge in [-0.05, 0) is 24.3 Å². The lowest BCUT2D eigenvalue weighted by molar-refractivity contribution is -0.118. The Bertz CT molecular complexity index is 1530. The summed E-state index contributed by atoms with van der Waals surface area (Å²) in [6.07, 6.45) is 1.47. The number of H-pyrrole nitrogens is 1. The van der Waals surface area contributed by atoms with E-state index in [4.69, 9.17) is 9.47 Å². The number of ether oxygens (including phenoxy) is 2. The van der Waals surface area contributed by atoms with E-state index in [1.54, 1.807) is 72.8 Å². The number of carbonyl (C=O) groups is 1. The van der Waals surface area contributed by atoms with Crippen molar-refractivity contribution in [2.24, 2.45) is 5.10 Å². The molecule has 0 fully saturated rings. The molecule has 1 aromatic heterocycles. The van der Waals surface area contributed by atoms with Gasteiger partial charge in [0.2, 0.25) is 5.95 Å². The van der Waals surface area contributed by atoms with Crippen LogP contribution in [0, 0.1) is 11.3 Å². The number of nitrogens with zero attached hydrogens (tertiary/aromatic N) is 3. The summed E-state index contributed by atoms with van der Waals surface area (Å²) in [5, 5.41) is 16.3. The largest absolute Gasteiger partial charge is 0.495 e. The fraction of sp³-hybridized carbons (Fsp3) is 0.0741. The van der Waals surface area contributed by atoms with Gasteiger partial charge in [0.1, 0.15) is 23.1 Å². The lowest BCUT2D eigenvalue weighted by Crippen LogP contribution is -2.20. The topological polar surface area (TPSA) is 141 Å². The van der Waals surface area contributed by atoms with E-state index >= 15 is 0 Å². The lowest BCUT2D eigenvalue weighted by atomic mass is 10.1. The number of carbonyl (C=O) groups excluding carboxylic acids is 1. The van der Waals surface area contributed by atoms with Gasteiger partial charge in [-0.25, -0.2) is 10.4 Å². The standard InChI is InChI=1S/C27H22N6O4/c1-36-23-14-8-6-12-21(23)30-24(34)17-37-22-13-7-5-11-19(22)16-29-33-27-31-25(18-9-3-2-4-10-18)20(15-28)26(35)32-27/h2-14,16H,17H2,1H3,(H,30,34)(H2,31,32,33,35). The molecule has 0 unspecified atom stereocenters. The van der Waals surface area contributed by atoms with Crippen molar-refractivity contribution in [3.63, 3.8) is 0 Å². The summed E-state index contributed by atoms with van der Waals surface area (Å²) in [7, 11) is 1.52. The summed E-state index contributed by atoms with van der Waals surface area (Å²) in [6.45, 7) is -0.235. The van der Waals surface area contributed by atoms with Gasteiger partial charge < -0.3 is 14.8 Å². The highest BCUT2D eigenvalue weighted by Gasteiger charge is 2.13. The van der Waals surface area contributed by atoms with Crippen LogP contribution in [0.5, 0.6) is 11.5 Å². The third-order valence-corrected chi connectivity index (χ3v) is 5.11. The molecule has 1 amide bonds. The van der Waals surface area contributed by atoms with Gasteiger partial charge >= 0.3 is 0 Å². The number of nitriles is 1. The lowest BCUT2D eigenvalue weighted by Gasteiger charge is -2.11. The van der Waals surface area contributed by atoms with Crippen LogP contribution in [0.1, 0.15) is 11.1 Å². The molecule has 4 rings (SSSR count). The molecule has 3 N–H and O–H groups in total. The number of anilines is 2. The fourth-order valence-corrected chi connectivity index (χ4v) is 3.39. The minimum Gasteiger partial charge on any atom is -0.495 e. The van der Waals surface area contributed by atoms with Gasteiger partial charge in [-0.3, -0.25) is 14.6 Å². The Hall–Kier alpha value is -5.43. The predicted molar refractivity (Wildman–Crippen MR) is 140 cm³/mol. The van der Waals surface area contributed by atoms with Crippen LogP contribution in [-0.4, -0.2) is 35.8 Å². The molecule has 37 heavy (non-hydrogen) atoms. The van der Waals surface area contributed by atoms with Crippen LogP contribution in [-0.2, 0) is 4.79 Å². The molecule has 0 spiro atoms. The Morgan fingerprint density at radius 2 is 1.76 bits per heavy atom. The van der Waals surface area contributed by atoms with Gasteiger partial charge in [-0.15, -0.1) is 0 Å². The quantitative estimate of drug-likeness (QED) is 0.237. The van der Waals surface area contributed by atoms with Crippen LogP contribution < -0.4 is 25.8 Å². The Morgan fingerprint density at radius 3 is 2.51 bits per heavy atom. The SMILES string of the molecule is COc1ccccc1NC(=O)COc1ccccc1C=NNc1nc(-c2ccccc2)c(C#N)c(=O)[nH]1. The van der Waals surface area contributed by atoms with Crippen molar-refractivity contribution in [1.29, 1.82) is 5.26 Å². The van der Waals surface area contributed by atoms with Gasteiger partial charge in [0, 0.05) is 11.1 Å². The van der Waals surface area contributed by atoms with Gasteiger partial charge in [0.15, 0.2) is 6.61 Å². The number of para-hydroxylation sites is 3. The highest BCUT2D eigenvalue weighted by Crippen LogP contribution is 2.23. The molecule has 0 atom stereocenters. The van der Waals surface area contributed by atoms with E-state index in [1.807, 2.05) is 12.1 Å². The molecule has 0 saturated carbocycles. The molecule has 0 aliphatic rings. The predicted octanol–water partition coefficient (Wildman–Crippen LogP) is 3.78. The molecule has 3 aromatic carbocycles. The van der Waals surface area contributed by atoms with E-state index in [0.29, 0.717) is 28.3 Å². The number of nitrogens with one attached hydrogen (secondary N) is 3. The average molecular weight is 495 g/mol. The van der Waals surface area contributed by atoms with Crippen molar-refractivity contribution >= 4 is 23.8 Å². The maximum Gasteiger partial charge on any atom is 0.270 e. The highest BCUT2D eigenvalue weighted by atomic mass is 16.5. The number of hydrogen-bond acceptors (Lipinski definition) is 8. The second-order valence-electron chi connectivity index (χ2n) is 7.56. The molecule has 0 bridgehead atoms. The second kappa shape index (κ2) is 11.8. The molecule has 4 aromatic rings. The third-order valence-electron chi connectivity index (χ3n) is 5.11. The van der Waals surface area contributed by atoms with Crippen LogP contribution in [0.2, 0.25) is 0 Å². The van der Waals surface area contributed by atoms with Crippen molar-refractivity contribution in [2.45, 2.75) is 0 Å². The van der Waals surface area contributed by atoms with Crippen LogP contribution in [0.15, 0.2) is 88.8 Å². The zero-order chi connectivity index (χ0) is 26.0. The van der Waals surface area contributed by atoms with Crippen molar-refractivity contribution in [2.75, 3.05) is 24.5 Å². The van der Waals surface area contributed by atoms with E-state index < -0.39 is 5.56 Å². The van der Waals surface area contributed by atoms with Crippen LogP contribution in [0.3, 0.4) is 0 Å². The van der Waals surface area contributed by atoms with Crippen molar-refractivity contribution in [1.82, 2.24) is 9.97 Å². The molecule has 10 nitrogen and oxygen atoms in total. The Balaban J connectivity index is 1.45. The fourth-order valence-electron chi connectivity index (χ4n) is 3.39. The average Bonchev–Trinajstić information content (AvgIpc) is 2.93. The number of hydrogen-bond donors (Lipinski definition) is 3. The molecule has 184 valence electrons. The van der Waals surface area contributed by atoms with Gasteiger partial charge in [0.25, 0.3) is 11.5 Å². The summed E-state index contributed by atoms with van der Waals surface area (Å²) in [4.78, 5) is 31.6. The zero-order valence-corrected chi connectivity index (χ0v) is 19.8. The zero-order valence-electron chi connectivity index (χ0n) is 19.8. The van der Waals surface area contributed by atoms with Crippen molar-refractivity contribution in [3.8, 4) is 28.8 Å². The first-order chi connectivity index (χ1) is 18.1. The maximum absolute atomic E-state index is 12.4. The first-order valence-corrected chi connectivity index (χ1v) is 11.1. The normalized spacial score (nSPS) is 10.5. The summed E-state index contributed by atoms with van der Waals surface area (Å²) >= 11 is 0. The minimum atomic E-state index is -0.584. The molecule has 0 saturated heterocycles. The van der Waals surface area contributed by atoms with Crippen molar-refractivity contribution in [3.05, 3.63) is 100 Å². The first kappa shape index (κ1) is 24.7. The first-order valence-electron chi connectivity index (χ1n) is 11.1. The number of methoxy groups -OCH3 is 1. The molecule has 0 aliphatic heterocycles. The number of amides is 1. The Kier molecular flexibility index (Phi) is 7.88. The molecule has 0 radical (unpaired) electrons. The van der Waals surface area contributed by atoms with E-state index in [2.05, 4.69) is 25.8 Å². The summed E-state index contributed by atoms with van der Waals surface area (Å²) in [5.41, 5.74) is 3.99. The Labute approximate surface area is 212 Å². The number of hydrazone groups is 1. The molecular formula is C27H22N6O4. The number of benzene rings is 3. The number of aromatic amines is 1. The Morgan fingerprint density at radius 1 is 1.05 bits per heavy atom. The van der Waals surface area contributed by atoms with Gasteiger partial charge in [-0.2, -0.15) is 10.4 Å². The number of aromatic nitrogens is 2. The van der Waals surface area contributed by atoms with E-state index in [0.717, 1.165) is 0 Å². The second-order valence-corrected chi connectivity index (χ2v) is 7.56. The summed E-state index contributed by atoms with van der Waals surface area (Å²) in [5.74, 6) is 0.671. The maximum atomic E-state index is 12.4. The molecule has 1 heterocycles. The highest BCUT2D eigenvalue weighted by molar-refractivity contribution is 5.93. The smallest absolute Gasteiger partial charge is 0.270 e. The monoisotopic (exact) mass is 494 g/mol. The van der Waals surface area contributed by atoms with Crippen molar-refractivity contribution < 1.29 is 14.3 Å². The van der Waals surface area contributed by atoms with E-state index in [1.165, 1.54) is 13.3 Å². The van der Waals surface area contributed by atoms with Crippen LogP contribution in [0.25, 0.3) is 11.3 Å². The van der Waals surface area contributed by atoms with Gasteiger partial charge in [-0.1, -0.05) is 54.6 Å². The summed E-state index contributed by atoms with van der Waals surface area (Å²) < 4.78 is 10.9. The third kappa shape index (κ3) is 6.17. The van der Waals surface area contributed by atoms with Crippen LogP contribution >= 0.6 is 0 Å². The molecule has 10 heteroatoms. The van der Waals surface area contributed by atoms with Crippen LogP contribution in [0.4, 0.5) is 11.6 Å². The molecule has 0 aliphatic carbocycles. The van der Waals surface area contributed by atoms with Gasteiger partial charge in [0.05, 0.1) is 24.7 Å². The molecular weight excluding hydrogens is 472 g/mol. The summed E-state index contributed by atoms with van der Waals surface area (Å²) in [6, 6.07) is 24.9.